The van der Waals surface area contributed by atoms with Crippen LogP contribution < -0.4 is 18.9 Å². The summed E-state index contributed by atoms with van der Waals surface area (Å²) in [6.45, 7) is 2.49. The SMILES string of the molecule is CCOc1ccc(C2=N/C(=C/c3cc(OC)c(OC)cc3OC)C(=O)O2)cc1. The second kappa shape index (κ2) is 8.47. The van der Waals surface area contributed by atoms with Gasteiger partial charge in [0.2, 0.25) is 5.90 Å². The first-order chi connectivity index (χ1) is 13.6. The van der Waals surface area contributed by atoms with Crippen LogP contribution in [0.5, 0.6) is 23.0 Å². The first kappa shape index (κ1) is 19.3. The van der Waals surface area contributed by atoms with Crippen molar-refractivity contribution in [1.29, 1.82) is 0 Å². The number of carbonyl (C=O) groups is 1. The van der Waals surface area contributed by atoms with Gasteiger partial charge in [0, 0.05) is 17.2 Å². The fourth-order valence-electron chi connectivity index (χ4n) is 2.71. The number of nitrogens with zero attached hydrogens (tertiary/aromatic N) is 1. The summed E-state index contributed by atoms with van der Waals surface area (Å²) in [6, 6.07) is 10.6. The molecule has 0 saturated heterocycles. The third-order valence-electron chi connectivity index (χ3n) is 4.06. The van der Waals surface area contributed by atoms with E-state index in [2.05, 4.69) is 4.99 Å². The first-order valence-corrected chi connectivity index (χ1v) is 8.65. The van der Waals surface area contributed by atoms with E-state index in [9.17, 15) is 4.79 Å². The Kier molecular flexibility index (Phi) is 5.84. The van der Waals surface area contributed by atoms with E-state index < -0.39 is 5.97 Å². The molecule has 28 heavy (non-hydrogen) atoms. The third-order valence-corrected chi connectivity index (χ3v) is 4.06. The Morgan fingerprint density at radius 1 is 0.964 bits per heavy atom. The Balaban J connectivity index is 1.95. The molecule has 1 aliphatic heterocycles. The highest BCUT2D eigenvalue weighted by Crippen LogP contribution is 2.36. The maximum absolute atomic E-state index is 12.3. The smallest absolute Gasteiger partial charge is 0.363 e. The molecule has 0 unspecified atom stereocenters. The van der Waals surface area contributed by atoms with Gasteiger partial charge in [0.05, 0.1) is 27.9 Å². The summed E-state index contributed by atoms with van der Waals surface area (Å²) in [7, 11) is 4.61. The Bertz CT molecular complexity index is 931. The molecule has 0 N–H and O–H groups in total. The minimum absolute atomic E-state index is 0.161. The summed E-state index contributed by atoms with van der Waals surface area (Å²) in [4.78, 5) is 16.6. The lowest BCUT2D eigenvalue weighted by molar-refractivity contribution is -0.129. The quantitative estimate of drug-likeness (QED) is 0.538. The van der Waals surface area contributed by atoms with Gasteiger partial charge in [-0.2, -0.15) is 0 Å². The number of aliphatic imine (C=N–C) groups is 1. The van der Waals surface area contributed by atoms with E-state index >= 15 is 0 Å². The summed E-state index contributed by atoms with van der Waals surface area (Å²) < 4.78 is 26.7. The van der Waals surface area contributed by atoms with Crippen molar-refractivity contribution < 1.29 is 28.5 Å². The Morgan fingerprint density at radius 3 is 2.21 bits per heavy atom. The van der Waals surface area contributed by atoms with Crippen LogP contribution in [0.4, 0.5) is 0 Å². The molecule has 0 spiro atoms. The highest BCUT2D eigenvalue weighted by Gasteiger charge is 2.25. The molecule has 0 aromatic heterocycles. The number of cyclic esters (lactones) is 1. The van der Waals surface area contributed by atoms with E-state index in [0.29, 0.717) is 35.0 Å². The van der Waals surface area contributed by atoms with Gasteiger partial charge in [0.25, 0.3) is 0 Å². The molecule has 0 amide bonds. The van der Waals surface area contributed by atoms with E-state index in [-0.39, 0.29) is 11.6 Å². The van der Waals surface area contributed by atoms with Gasteiger partial charge in [0.1, 0.15) is 11.5 Å². The van der Waals surface area contributed by atoms with Gasteiger partial charge < -0.3 is 23.7 Å². The lowest BCUT2D eigenvalue weighted by Crippen LogP contribution is -2.05. The summed E-state index contributed by atoms with van der Waals surface area (Å²) in [5.74, 6) is 1.98. The number of rotatable bonds is 7. The largest absolute Gasteiger partial charge is 0.496 e. The molecule has 2 aromatic rings. The Morgan fingerprint density at radius 2 is 1.61 bits per heavy atom. The van der Waals surface area contributed by atoms with Crippen molar-refractivity contribution in [1.82, 2.24) is 0 Å². The highest BCUT2D eigenvalue weighted by atomic mass is 16.6. The van der Waals surface area contributed by atoms with Crippen molar-refractivity contribution in [3.05, 3.63) is 53.2 Å². The molecule has 3 rings (SSSR count). The van der Waals surface area contributed by atoms with Gasteiger partial charge >= 0.3 is 5.97 Å². The molecular formula is C21H21NO6. The molecule has 0 aliphatic carbocycles. The topological polar surface area (TPSA) is 75.6 Å². The average molecular weight is 383 g/mol. The maximum atomic E-state index is 12.3. The number of hydrogen-bond acceptors (Lipinski definition) is 7. The van der Waals surface area contributed by atoms with Crippen LogP contribution >= 0.6 is 0 Å². The van der Waals surface area contributed by atoms with Crippen molar-refractivity contribution in [2.75, 3.05) is 27.9 Å². The number of carbonyl (C=O) groups excluding carboxylic acids is 1. The normalized spacial score (nSPS) is 14.5. The molecular weight excluding hydrogens is 362 g/mol. The predicted octanol–water partition coefficient (Wildman–Crippen LogP) is 3.46. The molecule has 2 aromatic carbocycles. The van der Waals surface area contributed by atoms with Crippen LogP contribution in [0.2, 0.25) is 0 Å². The van der Waals surface area contributed by atoms with Crippen LogP contribution in [0.1, 0.15) is 18.1 Å². The molecule has 0 fully saturated rings. The van der Waals surface area contributed by atoms with E-state index in [0.717, 1.165) is 5.75 Å². The monoisotopic (exact) mass is 383 g/mol. The first-order valence-electron chi connectivity index (χ1n) is 8.65. The van der Waals surface area contributed by atoms with E-state index in [4.69, 9.17) is 23.7 Å². The zero-order chi connectivity index (χ0) is 20.1. The second-order valence-corrected chi connectivity index (χ2v) is 5.74. The van der Waals surface area contributed by atoms with Crippen molar-refractivity contribution >= 4 is 17.9 Å². The minimum Gasteiger partial charge on any atom is -0.496 e. The number of benzene rings is 2. The van der Waals surface area contributed by atoms with Crippen LogP contribution in [-0.4, -0.2) is 39.8 Å². The molecule has 0 radical (unpaired) electrons. The predicted molar refractivity (Wildman–Crippen MR) is 104 cm³/mol. The highest BCUT2D eigenvalue weighted by molar-refractivity contribution is 6.13. The molecule has 1 aliphatic rings. The minimum atomic E-state index is -0.541. The van der Waals surface area contributed by atoms with Gasteiger partial charge in [0.15, 0.2) is 17.2 Å². The Labute approximate surface area is 163 Å². The maximum Gasteiger partial charge on any atom is 0.363 e. The number of hydrogen-bond donors (Lipinski definition) is 0. The number of methoxy groups -OCH3 is 3. The number of esters is 1. The van der Waals surface area contributed by atoms with Gasteiger partial charge in [-0.15, -0.1) is 0 Å². The van der Waals surface area contributed by atoms with E-state index in [1.807, 2.05) is 6.92 Å². The summed E-state index contributed by atoms with van der Waals surface area (Å²) in [5, 5.41) is 0. The summed E-state index contributed by atoms with van der Waals surface area (Å²) in [6.07, 6.45) is 1.59. The standard InChI is InChI=1S/C21H21NO6/c1-5-27-15-8-6-13(7-9-15)20-22-16(21(23)28-20)10-14-11-18(25-3)19(26-4)12-17(14)24-2/h6-12H,5H2,1-4H3/b16-10+. The number of ether oxygens (including phenoxy) is 5. The second-order valence-electron chi connectivity index (χ2n) is 5.74. The average Bonchev–Trinajstić information content (AvgIpc) is 3.08. The molecule has 7 nitrogen and oxygen atoms in total. The third kappa shape index (κ3) is 3.93. The van der Waals surface area contributed by atoms with Crippen LogP contribution in [0, 0.1) is 0 Å². The van der Waals surface area contributed by atoms with Crippen LogP contribution in [0.3, 0.4) is 0 Å². The zero-order valence-corrected chi connectivity index (χ0v) is 16.1. The van der Waals surface area contributed by atoms with Crippen LogP contribution in [-0.2, 0) is 9.53 Å². The van der Waals surface area contributed by atoms with Gasteiger partial charge in [-0.25, -0.2) is 9.79 Å². The van der Waals surface area contributed by atoms with Crippen LogP contribution in [0.25, 0.3) is 6.08 Å². The van der Waals surface area contributed by atoms with Crippen molar-refractivity contribution in [2.45, 2.75) is 6.92 Å². The lowest BCUT2D eigenvalue weighted by Gasteiger charge is -2.12. The Hall–Kier alpha value is -3.48. The molecule has 146 valence electrons. The van der Waals surface area contributed by atoms with Gasteiger partial charge in [-0.1, -0.05) is 0 Å². The van der Waals surface area contributed by atoms with E-state index in [1.165, 1.54) is 21.3 Å². The van der Waals surface area contributed by atoms with Crippen molar-refractivity contribution in [3.8, 4) is 23.0 Å². The molecule has 0 bridgehead atoms. The molecule has 0 saturated carbocycles. The fraction of sp³-hybridized carbons (Fsp3) is 0.238. The van der Waals surface area contributed by atoms with Gasteiger partial charge in [-0.05, 0) is 43.3 Å². The van der Waals surface area contributed by atoms with Gasteiger partial charge in [-0.3, -0.25) is 0 Å². The van der Waals surface area contributed by atoms with Crippen molar-refractivity contribution in [2.24, 2.45) is 4.99 Å². The van der Waals surface area contributed by atoms with E-state index in [1.54, 1.807) is 42.5 Å². The molecule has 1 heterocycles. The summed E-state index contributed by atoms with van der Waals surface area (Å²) in [5.41, 5.74) is 1.46. The van der Waals surface area contributed by atoms with Crippen LogP contribution in [0.15, 0.2) is 47.1 Å². The summed E-state index contributed by atoms with van der Waals surface area (Å²) >= 11 is 0. The molecule has 0 atom stereocenters. The fourth-order valence-corrected chi connectivity index (χ4v) is 2.71. The van der Waals surface area contributed by atoms with Crippen molar-refractivity contribution in [3.63, 3.8) is 0 Å². The zero-order valence-electron chi connectivity index (χ0n) is 16.1. The lowest BCUT2D eigenvalue weighted by atomic mass is 10.1. The molecule has 7 heteroatoms.